The van der Waals surface area contributed by atoms with Crippen LogP contribution in [0.4, 0.5) is 0 Å². The first-order chi connectivity index (χ1) is 9.17. The Labute approximate surface area is 117 Å². The first kappa shape index (κ1) is 14.4. The van der Waals surface area contributed by atoms with Crippen LogP contribution in [0, 0.1) is 19.8 Å². The summed E-state index contributed by atoms with van der Waals surface area (Å²) in [6.07, 6.45) is 5.24. The number of ether oxygens (including phenoxy) is 1. The Morgan fingerprint density at radius 2 is 2.00 bits per heavy atom. The number of hydrogen-bond acceptors (Lipinski definition) is 2. The highest BCUT2D eigenvalue weighted by Gasteiger charge is 2.29. The molecular weight excluding hydrogens is 234 g/mol. The molecule has 0 aliphatic heterocycles. The first-order valence-electron chi connectivity index (χ1n) is 7.61. The van der Waals surface area contributed by atoms with E-state index in [0.29, 0.717) is 5.92 Å². The monoisotopic (exact) mass is 261 g/mol. The second kappa shape index (κ2) is 6.42. The fourth-order valence-electron chi connectivity index (χ4n) is 3.19. The molecule has 1 aromatic rings. The van der Waals surface area contributed by atoms with Gasteiger partial charge in [0.1, 0.15) is 5.75 Å². The molecule has 2 rings (SSSR count). The van der Waals surface area contributed by atoms with Gasteiger partial charge in [-0.05, 0) is 81.2 Å². The lowest BCUT2D eigenvalue weighted by atomic mass is 9.70. The predicted molar refractivity (Wildman–Crippen MR) is 80.8 cm³/mol. The van der Waals surface area contributed by atoms with Crippen LogP contribution in [0.25, 0.3) is 0 Å². The van der Waals surface area contributed by atoms with Crippen molar-refractivity contribution in [2.45, 2.75) is 52.4 Å². The van der Waals surface area contributed by atoms with Gasteiger partial charge in [-0.3, -0.25) is 0 Å². The Morgan fingerprint density at radius 1 is 1.26 bits per heavy atom. The van der Waals surface area contributed by atoms with Crippen LogP contribution < -0.4 is 10.5 Å². The lowest BCUT2D eigenvalue weighted by molar-refractivity contribution is 0.252. The molecule has 106 valence electrons. The third-order valence-electron chi connectivity index (χ3n) is 4.46. The standard InChI is InChI=1S/C17H27NO/c1-4-19-17-11-12(2)16(10-13(17)3)15(8-9-18)14-6-5-7-14/h10-11,14-15H,4-9,18H2,1-3H3. The minimum atomic E-state index is 0.646. The van der Waals surface area contributed by atoms with Gasteiger partial charge in [0, 0.05) is 0 Å². The summed E-state index contributed by atoms with van der Waals surface area (Å²) in [6, 6.07) is 4.54. The van der Waals surface area contributed by atoms with Gasteiger partial charge in [-0.2, -0.15) is 0 Å². The Kier molecular flexibility index (Phi) is 4.87. The molecule has 0 radical (unpaired) electrons. The second-order valence-electron chi connectivity index (χ2n) is 5.78. The minimum absolute atomic E-state index is 0.646. The van der Waals surface area contributed by atoms with Gasteiger partial charge < -0.3 is 10.5 Å². The normalized spacial score (nSPS) is 17.1. The van der Waals surface area contributed by atoms with Gasteiger partial charge in [-0.25, -0.2) is 0 Å². The van der Waals surface area contributed by atoms with Crippen molar-refractivity contribution in [3.8, 4) is 5.75 Å². The molecule has 0 spiro atoms. The van der Waals surface area contributed by atoms with E-state index in [4.69, 9.17) is 10.5 Å². The fraction of sp³-hybridized carbons (Fsp3) is 0.647. The van der Waals surface area contributed by atoms with E-state index in [1.54, 1.807) is 0 Å². The summed E-state index contributed by atoms with van der Waals surface area (Å²) >= 11 is 0. The van der Waals surface area contributed by atoms with Crippen molar-refractivity contribution in [1.29, 1.82) is 0 Å². The van der Waals surface area contributed by atoms with Crippen molar-refractivity contribution >= 4 is 0 Å². The zero-order valence-electron chi connectivity index (χ0n) is 12.5. The highest BCUT2D eigenvalue weighted by molar-refractivity contribution is 5.43. The van der Waals surface area contributed by atoms with E-state index < -0.39 is 0 Å². The van der Waals surface area contributed by atoms with Crippen molar-refractivity contribution < 1.29 is 4.74 Å². The van der Waals surface area contributed by atoms with E-state index in [0.717, 1.165) is 31.2 Å². The van der Waals surface area contributed by atoms with Crippen molar-refractivity contribution in [3.05, 3.63) is 28.8 Å². The maximum absolute atomic E-state index is 5.82. The van der Waals surface area contributed by atoms with Crippen LogP contribution in [0.5, 0.6) is 5.75 Å². The van der Waals surface area contributed by atoms with E-state index in [-0.39, 0.29) is 0 Å². The van der Waals surface area contributed by atoms with Crippen LogP contribution in [0.2, 0.25) is 0 Å². The van der Waals surface area contributed by atoms with Crippen molar-refractivity contribution in [2.24, 2.45) is 11.7 Å². The number of rotatable bonds is 6. The zero-order valence-corrected chi connectivity index (χ0v) is 12.5. The molecule has 1 atom stereocenters. The third-order valence-corrected chi connectivity index (χ3v) is 4.46. The fourth-order valence-corrected chi connectivity index (χ4v) is 3.19. The van der Waals surface area contributed by atoms with Gasteiger partial charge in [0.05, 0.1) is 6.61 Å². The Hall–Kier alpha value is -1.02. The maximum atomic E-state index is 5.82. The van der Waals surface area contributed by atoms with Crippen LogP contribution in [0.15, 0.2) is 12.1 Å². The van der Waals surface area contributed by atoms with E-state index in [1.807, 2.05) is 6.92 Å². The van der Waals surface area contributed by atoms with E-state index >= 15 is 0 Å². The van der Waals surface area contributed by atoms with Crippen molar-refractivity contribution in [3.63, 3.8) is 0 Å². The molecule has 0 aromatic heterocycles. The molecule has 0 heterocycles. The molecule has 19 heavy (non-hydrogen) atoms. The summed E-state index contributed by atoms with van der Waals surface area (Å²) in [4.78, 5) is 0. The molecule has 1 aliphatic carbocycles. The van der Waals surface area contributed by atoms with Gasteiger partial charge in [0.25, 0.3) is 0 Å². The van der Waals surface area contributed by atoms with Gasteiger partial charge in [0.15, 0.2) is 0 Å². The molecule has 0 saturated heterocycles. The molecule has 1 unspecified atom stereocenters. The SMILES string of the molecule is CCOc1cc(C)c(C(CCN)C2CCC2)cc1C. The quantitative estimate of drug-likeness (QED) is 0.842. The van der Waals surface area contributed by atoms with Crippen LogP contribution in [0.1, 0.15) is 55.2 Å². The molecule has 1 fully saturated rings. The Morgan fingerprint density at radius 3 is 2.53 bits per heavy atom. The lowest BCUT2D eigenvalue weighted by Gasteiger charge is -2.35. The minimum Gasteiger partial charge on any atom is -0.494 e. The molecule has 2 nitrogen and oxygen atoms in total. The first-order valence-corrected chi connectivity index (χ1v) is 7.61. The van der Waals surface area contributed by atoms with E-state index in [1.165, 1.54) is 36.0 Å². The second-order valence-corrected chi connectivity index (χ2v) is 5.78. The van der Waals surface area contributed by atoms with Crippen LogP contribution in [-0.4, -0.2) is 13.2 Å². The zero-order chi connectivity index (χ0) is 13.8. The summed E-state index contributed by atoms with van der Waals surface area (Å²) in [5, 5.41) is 0. The average Bonchev–Trinajstić information content (AvgIpc) is 2.31. The third kappa shape index (κ3) is 3.11. The molecule has 2 N–H and O–H groups in total. The average molecular weight is 261 g/mol. The van der Waals surface area contributed by atoms with E-state index in [9.17, 15) is 0 Å². The van der Waals surface area contributed by atoms with Crippen molar-refractivity contribution in [2.75, 3.05) is 13.2 Å². The number of hydrogen-bond donors (Lipinski definition) is 1. The largest absolute Gasteiger partial charge is 0.494 e. The Balaban J connectivity index is 2.28. The maximum Gasteiger partial charge on any atom is 0.122 e. The van der Waals surface area contributed by atoms with Gasteiger partial charge in [0.2, 0.25) is 0 Å². The highest BCUT2D eigenvalue weighted by atomic mass is 16.5. The molecule has 1 saturated carbocycles. The number of aryl methyl sites for hydroxylation is 2. The summed E-state index contributed by atoms with van der Waals surface area (Å²) < 4.78 is 5.69. The van der Waals surface area contributed by atoms with Gasteiger partial charge in [-0.15, -0.1) is 0 Å². The molecule has 0 amide bonds. The molecule has 1 aromatic carbocycles. The van der Waals surface area contributed by atoms with Crippen LogP contribution in [-0.2, 0) is 0 Å². The molecule has 2 heteroatoms. The molecule has 1 aliphatic rings. The number of nitrogens with two attached hydrogens (primary N) is 1. The van der Waals surface area contributed by atoms with Gasteiger partial charge in [-0.1, -0.05) is 12.5 Å². The summed E-state index contributed by atoms with van der Waals surface area (Å²) in [6.45, 7) is 7.91. The smallest absolute Gasteiger partial charge is 0.122 e. The summed E-state index contributed by atoms with van der Waals surface area (Å²) in [5.41, 5.74) is 9.93. The van der Waals surface area contributed by atoms with Crippen molar-refractivity contribution in [1.82, 2.24) is 0 Å². The Bertz CT molecular complexity index is 424. The lowest BCUT2D eigenvalue weighted by Crippen LogP contribution is -2.23. The van der Waals surface area contributed by atoms with Gasteiger partial charge >= 0.3 is 0 Å². The summed E-state index contributed by atoms with van der Waals surface area (Å²) in [7, 11) is 0. The van der Waals surface area contributed by atoms with Crippen LogP contribution in [0.3, 0.4) is 0 Å². The summed E-state index contributed by atoms with van der Waals surface area (Å²) in [5.74, 6) is 2.52. The highest BCUT2D eigenvalue weighted by Crippen LogP contribution is 2.43. The number of benzene rings is 1. The topological polar surface area (TPSA) is 35.2 Å². The van der Waals surface area contributed by atoms with Crippen LogP contribution >= 0.6 is 0 Å². The van der Waals surface area contributed by atoms with E-state index in [2.05, 4.69) is 26.0 Å². The molecule has 0 bridgehead atoms. The molecular formula is C17H27NO. The predicted octanol–water partition coefficient (Wildman–Crippen LogP) is 3.93.